The van der Waals surface area contributed by atoms with Crippen LogP contribution in [0.3, 0.4) is 0 Å². The van der Waals surface area contributed by atoms with Crippen LogP contribution < -0.4 is 0 Å². The molecule has 0 bridgehead atoms. The molecule has 1 heterocycles. The molecule has 1 radical (unpaired) electrons. The predicted octanol–water partition coefficient (Wildman–Crippen LogP) is 3.76. The maximum atomic E-state index is 4.29. The van der Waals surface area contributed by atoms with Crippen LogP contribution in [0.2, 0.25) is 0 Å². The van der Waals surface area contributed by atoms with E-state index in [9.17, 15) is 0 Å². The van der Waals surface area contributed by atoms with E-state index in [1.165, 1.54) is 15.8 Å². The Bertz CT molecular complexity index is 589. The zero-order chi connectivity index (χ0) is 10.1. The molecule has 0 aliphatic carbocycles. The summed E-state index contributed by atoms with van der Waals surface area (Å²) >= 11 is 1.56. The average Bonchev–Trinajstić information content (AvgIpc) is 2.78. The van der Waals surface area contributed by atoms with E-state index in [0.29, 0.717) is 0 Å². The van der Waals surface area contributed by atoms with E-state index in [2.05, 4.69) is 40.8 Å². The second-order valence-electron chi connectivity index (χ2n) is 3.32. The molecule has 3 heteroatoms. The van der Waals surface area contributed by atoms with Crippen molar-refractivity contribution in [1.82, 2.24) is 4.98 Å². The number of fused-ring (bicyclic) bond motifs is 1. The van der Waals surface area contributed by atoms with Crippen molar-refractivity contribution >= 4 is 21.6 Å². The van der Waals surface area contributed by atoms with Crippen molar-refractivity contribution < 1.29 is 20.1 Å². The molecular weight excluding hydrogens is 394 g/mol. The number of nitrogens with zero attached hydrogens (tertiary/aromatic N) is 1. The molecule has 1 aromatic heterocycles. The number of benzene rings is 2. The third-order valence-electron chi connectivity index (χ3n) is 2.40. The molecule has 0 saturated carbocycles. The number of para-hydroxylation sites is 1. The molecule has 0 N–H and O–H groups in total. The first kappa shape index (κ1) is 11.5. The van der Waals surface area contributed by atoms with Crippen LogP contribution in [0, 0.1) is 5.51 Å². The Labute approximate surface area is 112 Å². The molecule has 0 aliphatic rings. The van der Waals surface area contributed by atoms with Crippen LogP contribution in [0.4, 0.5) is 0 Å². The topological polar surface area (TPSA) is 12.9 Å². The van der Waals surface area contributed by atoms with Gasteiger partial charge in [-0.25, -0.2) is 0 Å². The molecule has 0 spiro atoms. The molecule has 3 rings (SSSR count). The Balaban J connectivity index is 0.000000963. The molecule has 0 unspecified atom stereocenters. The Morgan fingerprint density at radius 2 is 1.75 bits per heavy atom. The van der Waals surface area contributed by atoms with Gasteiger partial charge in [0.2, 0.25) is 0 Å². The molecule has 0 amide bonds. The Hall–Kier alpha value is -1.02. The first-order valence-electron chi connectivity index (χ1n) is 4.76. The predicted molar refractivity (Wildman–Crippen MR) is 63.9 cm³/mol. The van der Waals surface area contributed by atoms with Crippen LogP contribution in [-0.4, -0.2) is 4.98 Å². The minimum atomic E-state index is 0. The van der Waals surface area contributed by atoms with Crippen LogP contribution in [0.15, 0.2) is 48.5 Å². The molecule has 0 aliphatic heterocycles. The fourth-order valence-corrected chi connectivity index (χ4v) is 2.32. The smallest absolute Gasteiger partial charge is 0 e. The first-order chi connectivity index (χ1) is 7.45. The Kier molecular flexibility index (Phi) is 3.49. The number of hydrogen-bond donors (Lipinski definition) is 0. The normalized spacial score (nSPS) is 10.0. The van der Waals surface area contributed by atoms with Crippen LogP contribution in [0.1, 0.15) is 0 Å². The van der Waals surface area contributed by atoms with Crippen molar-refractivity contribution in [3.63, 3.8) is 0 Å². The van der Waals surface area contributed by atoms with E-state index in [0.717, 1.165) is 5.52 Å². The van der Waals surface area contributed by atoms with Gasteiger partial charge in [-0.05, 0) is 11.1 Å². The van der Waals surface area contributed by atoms with Gasteiger partial charge < -0.3 is 4.98 Å². The van der Waals surface area contributed by atoms with E-state index in [-0.39, 0.29) is 20.1 Å². The molecule has 2 aromatic carbocycles. The summed E-state index contributed by atoms with van der Waals surface area (Å²) in [4.78, 5) is 4.29. The Morgan fingerprint density at radius 1 is 0.938 bits per heavy atom. The van der Waals surface area contributed by atoms with Crippen molar-refractivity contribution in [2.75, 3.05) is 0 Å². The van der Waals surface area contributed by atoms with E-state index in [1.54, 1.807) is 11.3 Å². The van der Waals surface area contributed by atoms with Crippen LogP contribution in [0.25, 0.3) is 21.3 Å². The van der Waals surface area contributed by atoms with E-state index >= 15 is 0 Å². The van der Waals surface area contributed by atoms with E-state index < -0.39 is 0 Å². The van der Waals surface area contributed by atoms with Gasteiger partial charge in [-0.3, -0.25) is 11.3 Å². The summed E-state index contributed by atoms with van der Waals surface area (Å²) in [5.41, 5.74) is 6.39. The molecule has 16 heavy (non-hydrogen) atoms. The van der Waals surface area contributed by atoms with Gasteiger partial charge in [0, 0.05) is 20.1 Å². The van der Waals surface area contributed by atoms with Crippen molar-refractivity contribution in [2.45, 2.75) is 0 Å². The fraction of sp³-hybridized carbons (Fsp3) is 0. The van der Waals surface area contributed by atoms with Gasteiger partial charge in [0.25, 0.3) is 0 Å². The van der Waals surface area contributed by atoms with Crippen molar-refractivity contribution in [3.05, 3.63) is 54.0 Å². The maximum Gasteiger partial charge on any atom is 0 e. The number of aromatic nitrogens is 1. The standard InChI is InChI=1S/C13H8NS.Ir/c1-2-5-10(6-3-1)11-7-4-8-12-13(11)14-9-15-12;/h1-8H;/q-1;. The number of thiazole rings is 1. The summed E-state index contributed by atoms with van der Waals surface area (Å²) in [6, 6.07) is 16.6. The monoisotopic (exact) mass is 403 g/mol. The molecule has 3 aromatic rings. The summed E-state index contributed by atoms with van der Waals surface area (Å²) in [5.74, 6) is 0. The summed E-state index contributed by atoms with van der Waals surface area (Å²) in [5, 5.41) is 0. The summed E-state index contributed by atoms with van der Waals surface area (Å²) in [6.07, 6.45) is 0. The molecule has 81 valence electrons. The van der Waals surface area contributed by atoms with Crippen molar-refractivity contribution in [2.24, 2.45) is 0 Å². The van der Waals surface area contributed by atoms with Crippen LogP contribution in [0.5, 0.6) is 0 Å². The number of hydrogen-bond acceptors (Lipinski definition) is 2. The summed E-state index contributed by atoms with van der Waals surface area (Å²) < 4.78 is 1.19. The summed E-state index contributed by atoms with van der Waals surface area (Å²) in [6.45, 7) is 0. The van der Waals surface area contributed by atoms with Gasteiger partial charge >= 0.3 is 0 Å². The third kappa shape index (κ3) is 1.94. The third-order valence-corrected chi connectivity index (χ3v) is 3.13. The first-order valence-corrected chi connectivity index (χ1v) is 5.58. The second kappa shape index (κ2) is 4.87. The van der Waals surface area contributed by atoms with Crippen LogP contribution >= 0.6 is 11.3 Å². The fourth-order valence-electron chi connectivity index (χ4n) is 1.69. The SMILES string of the molecule is [Ir].[c-]1nc2c(-c3ccccc3)cccc2s1. The van der Waals surface area contributed by atoms with Crippen molar-refractivity contribution in [1.29, 1.82) is 0 Å². The van der Waals surface area contributed by atoms with Gasteiger partial charge in [0.15, 0.2) is 0 Å². The quantitative estimate of drug-likeness (QED) is 0.565. The zero-order valence-electron chi connectivity index (χ0n) is 8.31. The van der Waals surface area contributed by atoms with E-state index in [1.807, 2.05) is 18.2 Å². The van der Waals surface area contributed by atoms with Gasteiger partial charge in [-0.1, -0.05) is 58.2 Å². The maximum absolute atomic E-state index is 4.29. The largest absolute Gasteiger partial charge is 0.385 e. The van der Waals surface area contributed by atoms with Crippen molar-refractivity contribution in [3.8, 4) is 11.1 Å². The average molecular weight is 402 g/mol. The van der Waals surface area contributed by atoms with Crippen LogP contribution in [-0.2, 0) is 20.1 Å². The van der Waals surface area contributed by atoms with Gasteiger partial charge in [-0.15, -0.1) is 6.07 Å². The van der Waals surface area contributed by atoms with E-state index in [4.69, 9.17) is 0 Å². The zero-order valence-corrected chi connectivity index (χ0v) is 11.5. The molecule has 0 fully saturated rings. The van der Waals surface area contributed by atoms with Gasteiger partial charge in [0.05, 0.1) is 0 Å². The molecule has 0 saturated heterocycles. The molecular formula is C13H8IrNS-. The summed E-state index contributed by atoms with van der Waals surface area (Å²) in [7, 11) is 0. The molecule has 1 nitrogen and oxygen atoms in total. The molecule has 0 atom stereocenters. The minimum absolute atomic E-state index is 0. The number of rotatable bonds is 1. The minimum Gasteiger partial charge on any atom is -0.385 e. The van der Waals surface area contributed by atoms with Gasteiger partial charge in [-0.2, -0.15) is 0 Å². The van der Waals surface area contributed by atoms with Gasteiger partial charge in [0.1, 0.15) is 0 Å². The Morgan fingerprint density at radius 3 is 2.56 bits per heavy atom. The second-order valence-corrected chi connectivity index (χ2v) is 4.15.